The Kier molecular flexibility index (Phi) is 12.8. The van der Waals surface area contributed by atoms with Crippen LogP contribution in [0.4, 0.5) is 0 Å². The summed E-state index contributed by atoms with van der Waals surface area (Å²) in [4.78, 5) is 0. The minimum Gasteiger partial charge on any atom is -1.00 e. The van der Waals surface area contributed by atoms with E-state index in [-0.39, 0.29) is 35.6 Å². The molecule has 3 aliphatic rings. The first-order chi connectivity index (χ1) is 23.4. The summed E-state index contributed by atoms with van der Waals surface area (Å²) in [5.41, 5.74) is 18.3. The van der Waals surface area contributed by atoms with Crippen molar-refractivity contribution in [1.29, 1.82) is 0 Å². The molecule has 4 aromatic rings. The summed E-state index contributed by atoms with van der Waals surface area (Å²) in [6.45, 7) is 18.8. The van der Waals surface area contributed by atoms with Gasteiger partial charge in [-0.1, -0.05) is 0 Å². The maximum atomic E-state index is 2.61. The van der Waals surface area contributed by atoms with Crippen molar-refractivity contribution in [2.75, 3.05) is 0 Å². The van der Waals surface area contributed by atoms with Crippen LogP contribution in [0.5, 0.6) is 0 Å². The van der Waals surface area contributed by atoms with Gasteiger partial charge in [-0.2, -0.15) is 0 Å². The quantitative estimate of drug-likeness (QED) is 0.181. The summed E-state index contributed by atoms with van der Waals surface area (Å²) in [5.74, 6) is 0.968. The van der Waals surface area contributed by atoms with Gasteiger partial charge in [0, 0.05) is 0 Å². The molecule has 266 valence electrons. The maximum Gasteiger partial charge on any atom is -1.00 e. The predicted molar refractivity (Wildman–Crippen MR) is 212 cm³/mol. The molecule has 7 rings (SSSR count). The number of fused-ring (bicyclic) bond motifs is 2. The minimum absolute atomic E-state index is 0. The van der Waals surface area contributed by atoms with E-state index in [4.69, 9.17) is 0 Å². The van der Waals surface area contributed by atoms with Gasteiger partial charge in [0.1, 0.15) is 0 Å². The smallest absolute Gasteiger partial charge is 1.00 e. The first kappa shape index (κ1) is 40.2. The van der Waals surface area contributed by atoms with Crippen LogP contribution >= 0.6 is 0 Å². The van der Waals surface area contributed by atoms with Crippen LogP contribution in [0.15, 0.2) is 96.1 Å². The molecule has 0 nitrogen and oxygen atoms in total. The van der Waals surface area contributed by atoms with Crippen molar-refractivity contribution in [3.05, 3.63) is 129 Å². The van der Waals surface area contributed by atoms with E-state index in [1.54, 1.807) is 22.3 Å². The number of hydrogen-bond acceptors (Lipinski definition) is 0. The second kappa shape index (κ2) is 16.2. The van der Waals surface area contributed by atoms with Gasteiger partial charge in [-0.25, -0.2) is 0 Å². The third-order valence-corrected chi connectivity index (χ3v) is 29.3. The second-order valence-electron chi connectivity index (χ2n) is 17.4. The molecule has 2 unspecified atom stereocenters. The Morgan fingerprint density at radius 2 is 0.980 bits per heavy atom. The van der Waals surface area contributed by atoms with E-state index in [0.29, 0.717) is 13.4 Å². The first-order valence-corrected chi connectivity index (χ1v) is 27.4. The van der Waals surface area contributed by atoms with Crippen LogP contribution < -0.4 is 24.8 Å². The molecule has 3 aliphatic carbocycles. The molecule has 4 heteroatoms. The molecule has 0 aliphatic heterocycles. The molecule has 0 N–H and O–H groups in total. The Bertz CT molecular complexity index is 1810. The van der Waals surface area contributed by atoms with Crippen molar-refractivity contribution in [1.82, 2.24) is 0 Å². The standard InChI is InChI=1S/2C20H21.C7H14Si.2ClH.Zr/c2*1-14-12-16-6-5-7-18(19(16)13-14)15-8-10-17(11-9-15)20(2,3)4;8-6-7-4-2-1-3-5-7;;;/h2*5-13H,1-4H3;7-8H,1-6H2;2*1H;/q;;;;;+2/p-2. The van der Waals surface area contributed by atoms with Crippen LogP contribution in [0.3, 0.4) is 0 Å². The SMILES string of the molecule is CC1=Cc2c(-c3ccc(C(C)(C)C)cc3)cccc2[CH]1[Zr+2](=[SiH]CC1CCCCC1)[CH]1C(C)=Cc2c(-c3ccc(C(C)(C)C)cc3)cccc21.[Cl-].[Cl-]. The van der Waals surface area contributed by atoms with Gasteiger partial charge in [0.25, 0.3) is 0 Å². The molecule has 1 saturated carbocycles. The molecule has 1 fully saturated rings. The summed E-state index contributed by atoms with van der Waals surface area (Å²) >= 11 is -2.16. The van der Waals surface area contributed by atoms with E-state index in [1.165, 1.54) is 82.7 Å². The molecular formula is C47H56Cl2SiZr. The van der Waals surface area contributed by atoms with E-state index in [0.717, 1.165) is 5.92 Å². The van der Waals surface area contributed by atoms with Crippen LogP contribution in [-0.4, -0.2) is 6.16 Å². The van der Waals surface area contributed by atoms with Gasteiger partial charge in [-0.05, 0) is 0 Å². The fourth-order valence-electron chi connectivity index (χ4n) is 8.92. The monoisotopic (exact) mass is 808 g/mol. The van der Waals surface area contributed by atoms with Crippen molar-refractivity contribution in [2.24, 2.45) is 5.92 Å². The number of hydrogen-bond donors (Lipinski definition) is 0. The third-order valence-electron chi connectivity index (χ3n) is 11.8. The van der Waals surface area contributed by atoms with Crippen molar-refractivity contribution < 1.29 is 45.2 Å². The molecule has 0 radical (unpaired) electrons. The second-order valence-corrected chi connectivity index (χ2v) is 30.5. The Morgan fingerprint density at radius 1 is 0.569 bits per heavy atom. The zero-order chi connectivity index (χ0) is 34.5. The summed E-state index contributed by atoms with van der Waals surface area (Å²) in [7, 11) is 0. The van der Waals surface area contributed by atoms with E-state index in [2.05, 4.69) is 152 Å². The van der Waals surface area contributed by atoms with Crippen molar-refractivity contribution in [3.8, 4) is 22.3 Å². The molecule has 2 atom stereocenters. The summed E-state index contributed by atoms with van der Waals surface area (Å²) in [5, 5.41) is 0. The average Bonchev–Trinajstić information content (AvgIpc) is 3.60. The Hall–Kier alpha value is -1.96. The molecule has 0 heterocycles. The summed E-state index contributed by atoms with van der Waals surface area (Å²) in [6.07, 6.45) is 13.0. The van der Waals surface area contributed by atoms with E-state index < -0.39 is 20.4 Å². The predicted octanol–water partition coefficient (Wildman–Crippen LogP) is 7.21. The summed E-state index contributed by atoms with van der Waals surface area (Å²) in [6, 6.07) is 34.9. The topological polar surface area (TPSA) is 0 Å². The normalized spacial score (nSPS) is 18.3. The molecule has 0 amide bonds. The van der Waals surface area contributed by atoms with Gasteiger partial charge in [-0.15, -0.1) is 0 Å². The molecule has 0 saturated heterocycles. The van der Waals surface area contributed by atoms with Gasteiger partial charge in [0.05, 0.1) is 0 Å². The van der Waals surface area contributed by atoms with Gasteiger partial charge in [0.15, 0.2) is 0 Å². The van der Waals surface area contributed by atoms with Crippen molar-refractivity contribution in [2.45, 2.75) is 112 Å². The average molecular weight is 811 g/mol. The largest absolute Gasteiger partial charge is 1.00 e. The maximum absolute atomic E-state index is 2.61. The number of allylic oxidation sites excluding steroid dienone is 2. The van der Waals surface area contributed by atoms with E-state index in [9.17, 15) is 0 Å². The molecular weight excluding hydrogens is 755 g/mol. The van der Waals surface area contributed by atoms with Crippen LogP contribution in [0.1, 0.15) is 128 Å². The Morgan fingerprint density at radius 3 is 1.37 bits per heavy atom. The molecule has 51 heavy (non-hydrogen) atoms. The van der Waals surface area contributed by atoms with E-state index >= 15 is 0 Å². The zero-order valence-electron chi connectivity index (χ0n) is 32.0. The number of benzene rings is 4. The Balaban J connectivity index is 0.00000252. The Labute approximate surface area is 330 Å². The van der Waals surface area contributed by atoms with E-state index in [1.807, 2.05) is 0 Å². The zero-order valence-corrected chi connectivity index (χ0v) is 37.2. The minimum atomic E-state index is -2.16. The number of rotatable bonds is 6. The van der Waals surface area contributed by atoms with Gasteiger partial charge in [-0.3, -0.25) is 0 Å². The van der Waals surface area contributed by atoms with Crippen LogP contribution in [-0.2, 0) is 31.2 Å². The van der Waals surface area contributed by atoms with Crippen molar-refractivity contribution in [3.63, 3.8) is 0 Å². The molecule has 4 aromatic carbocycles. The van der Waals surface area contributed by atoms with Crippen LogP contribution in [0.2, 0.25) is 6.04 Å². The third kappa shape index (κ3) is 8.26. The van der Waals surface area contributed by atoms with Crippen LogP contribution in [0, 0.1) is 5.92 Å². The fourth-order valence-corrected chi connectivity index (χ4v) is 30.5. The van der Waals surface area contributed by atoms with Gasteiger partial charge in [0.2, 0.25) is 0 Å². The first-order valence-electron chi connectivity index (χ1n) is 18.9. The fraction of sp³-hybridized carbons (Fsp3) is 0.404. The van der Waals surface area contributed by atoms with Crippen LogP contribution in [0.25, 0.3) is 34.4 Å². The molecule has 0 aromatic heterocycles. The summed E-state index contributed by atoms with van der Waals surface area (Å²) < 4.78 is 1.33. The molecule has 0 bridgehead atoms. The van der Waals surface area contributed by atoms with Crippen molar-refractivity contribution >= 4 is 18.3 Å². The van der Waals surface area contributed by atoms with Gasteiger partial charge >= 0.3 is 308 Å². The molecule has 0 spiro atoms. The number of halogens is 2. The van der Waals surface area contributed by atoms with Gasteiger partial charge < -0.3 is 24.8 Å².